The van der Waals surface area contributed by atoms with Crippen LogP contribution in [0.2, 0.25) is 0 Å². The largest absolute Gasteiger partial charge is 0.260 e. The summed E-state index contributed by atoms with van der Waals surface area (Å²) in [4.78, 5) is 6.89. The van der Waals surface area contributed by atoms with Crippen molar-refractivity contribution in [1.29, 1.82) is 0 Å². The van der Waals surface area contributed by atoms with E-state index < -0.39 is 27.0 Å². The lowest BCUT2D eigenvalue weighted by Gasteiger charge is -2.00. The quantitative estimate of drug-likeness (QED) is 0.726. The van der Waals surface area contributed by atoms with Gasteiger partial charge in [0.15, 0.2) is 5.03 Å². The Balaban J connectivity index is 2.96. The van der Waals surface area contributed by atoms with Crippen molar-refractivity contribution in [3.63, 3.8) is 0 Å². The number of hydrogen-bond acceptors (Lipinski definition) is 4. The van der Waals surface area contributed by atoms with Gasteiger partial charge in [0.25, 0.3) is 6.43 Å². The van der Waals surface area contributed by atoms with Crippen molar-refractivity contribution < 1.29 is 17.2 Å². The Morgan fingerprint density at radius 2 is 2.08 bits per heavy atom. The minimum Gasteiger partial charge on any atom is -0.260 e. The van der Waals surface area contributed by atoms with Gasteiger partial charge in [-0.3, -0.25) is 4.98 Å². The monoisotopic (exact) mass is 208 g/mol. The maximum absolute atomic E-state index is 11.8. The van der Waals surface area contributed by atoms with Gasteiger partial charge in [0.1, 0.15) is 5.75 Å². The third-order valence-corrected chi connectivity index (χ3v) is 2.74. The fraction of sp³-hybridized carbons (Fsp3) is 0.333. The molecule has 4 nitrogen and oxygen atoms in total. The molecule has 0 atom stereocenters. The fourth-order valence-corrected chi connectivity index (χ4v) is 1.64. The van der Waals surface area contributed by atoms with E-state index in [0.29, 0.717) is 0 Å². The zero-order valence-electron chi connectivity index (χ0n) is 6.39. The van der Waals surface area contributed by atoms with Crippen LogP contribution in [-0.2, 0) is 9.84 Å². The molecule has 0 spiro atoms. The molecule has 1 heterocycles. The number of nitrogens with zero attached hydrogens (tertiary/aromatic N) is 2. The van der Waals surface area contributed by atoms with Crippen LogP contribution in [0.25, 0.3) is 0 Å². The third-order valence-electron chi connectivity index (χ3n) is 1.20. The van der Waals surface area contributed by atoms with E-state index in [9.17, 15) is 17.2 Å². The molecule has 0 saturated heterocycles. The molecule has 0 bridgehead atoms. The lowest BCUT2D eigenvalue weighted by molar-refractivity contribution is 0.174. The summed E-state index contributed by atoms with van der Waals surface area (Å²) in [5, 5.41) is -0.421. The molecule has 0 aliphatic heterocycles. The molecule has 0 aliphatic rings. The van der Waals surface area contributed by atoms with Gasteiger partial charge in [-0.15, -0.1) is 0 Å². The van der Waals surface area contributed by atoms with Crippen LogP contribution in [0.5, 0.6) is 0 Å². The van der Waals surface area contributed by atoms with Gasteiger partial charge in [-0.1, -0.05) is 0 Å². The van der Waals surface area contributed by atoms with Crippen molar-refractivity contribution in [1.82, 2.24) is 9.97 Å². The molecular weight excluding hydrogens is 202 g/mol. The van der Waals surface area contributed by atoms with E-state index in [2.05, 4.69) is 9.97 Å². The molecule has 0 saturated carbocycles. The Hall–Kier alpha value is -1.11. The van der Waals surface area contributed by atoms with Crippen molar-refractivity contribution in [2.75, 3.05) is 5.75 Å². The highest BCUT2D eigenvalue weighted by atomic mass is 32.2. The molecule has 0 radical (unpaired) electrons. The zero-order chi connectivity index (χ0) is 9.90. The number of aromatic nitrogens is 2. The molecule has 1 rings (SSSR count). The molecule has 72 valence electrons. The molecule has 13 heavy (non-hydrogen) atoms. The highest BCUT2D eigenvalue weighted by Crippen LogP contribution is 2.08. The summed E-state index contributed by atoms with van der Waals surface area (Å²) in [6.45, 7) is 0. The van der Waals surface area contributed by atoms with Crippen LogP contribution >= 0.6 is 0 Å². The van der Waals surface area contributed by atoms with Crippen molar-refractivity contribution in [3.8, 4) is 0 Å². The number of hydrogen-bond donors (Lipinski definition) is 0. The normalized spacial score (nSPS) is 11.9. The maximum Gasteiger partial charge on any atom is 0.252 e. The molecule has 0 unspecified atom stereocenters. The van der Waals surface area contributed by atoms with Crippen LogP contribution in [0.3, 0.4) is 0 Å². The van der Waals surface area contributed by atoms with Crippen LogP contribution in [0, 0.1) is 0 Å². The van der Waals surface area contributed by atoms with E-state index in [1.807, 2.05) is 0 Å². The lowest BCUT2D eigenvalue weighted by Crippen LogP contribution is -2.15. The Morgan fingerprint density at radius 1 is 1.38 bits per heavy atom. The van der Waals surface area contributed by atoms with E-state index in [-0.39, 0.29) is 0 Å². The number of alkyl halides is 2. The Bertz CT molecular complexity index is 365. The second-order valence-electron chi connectivity index (χ2n) is 2.22. The summed E-state index contributed by atoms with van der Waals surface area (Å²) in [5.41, 5.74) is 0. The minimum absolute atomic E-state index is 0.421. The summed E-state index contributed by atoms with van der Waals surface area (Å²) in [6, 6.07) is 0. The first-order chi connectivity index (χ1) is 6.02. The molecule has 0 aromatic carbocycles. The van der Waals surface area contributed by atoms with Gasteiger partial charge in [-0.05, 0) is 0 Å². The average Bonchev–Trinajstić information content (AvgIpc) is 2.04. The second-order valence-corrected chi connectivity index (χ2v) is 4.20. The number of halogens is 2. The summed E-state index contributed by atoms with van der Waals surface area (Å²) in [5.74, 6) is -1.22. The maximum atomic E-state index is 11.8. The van der Waals surface area contributed by atoms with Gasteiger partial charge < -0.3 is 0 Å². The minimum atomic E-state index is -3.98. The highest BCUT2D eigenvalue weighted by Gasteiger charge is 2.21. The lowest BCUT2D eigenvalue weighted by atomic mass is 10.8. The first-order valence-corrected chi connectivity index (χ1v) is 4.94. The van der Waals surface area contributed by atoms with Crippen molar-refractivity contribution in [2.45, 2.75) is 11.5 Å². The Kier molecular flexibility index (Phi) is 2.86. The standard InChI is InChI=1S/C6H6F2N2O2S/c7-5(8)4-13(11,12)6-3-9-1-2-10-6/h1-3,5H,4H2. The molecule has 0 amide bonds. The zero-order valence-corrected chi connectivity index (χ0v) is 7.21. The summed E-state index contributed by atoms with van der Waals surface area (Å²) < 4.78 is 45.7. The van der Waals surface area contributed by atoms with Crippen LogP contribution in [0.15, 0.2) is 23.6 Å². The summed E-state index contributed by atoms with van der Waals surface area (Å²) in [6.07, 6.45) is 0.448. The van der Waals surface area contributed by atoms with Crippen LogP contribution < -0.4 is 0 Å². The van der Waals surface area contributed by atoms with Gasteiger partial charge in [-0.2, -0.15) is 0 Å². The SMILES string of the molecule is O=S(=O)(CC(F)F)c1cnccn1. The molecule has 0 aliphatic carbocycles. The van der Waals surface area contributed by atoms with Gasteiger partial charge in [0.2, 0.25) is 9.84 Å². The van der Waals surface area contributed by atoms with E-state index in [1.165, 1.54) is 6.20 Å². The topological polar surface area (TPSA) is 59.9 Å². The Morgan fingerprint density at radius 3 is 2.54 bits per heavy atom. The van der Waals surface area contributed by atoms with Crippen molar-refractivity contribution in [3.05, 3.63) is 18.6 Å². The smallest absolute Gasteiger partial charge is 0.252 e. The Labute approximate surface area is 73.6 Å². The predicted molar refractivity (Wildman–Crippen MR) is 40.1 cm³/mol. The summed E-state index contributed by atoms with van der Waals surface area (Å²) in [7, 11) is -3.98. The van der Waals surface area contributed by atoms with E-state index >= 15 is 0 Å². The number of rotatable bonds is 3. The molecular formula is C6H6F2N2O2S. The third kappa shape index (κ3) is 2.69. The second kappa shape index (κ2) is 3.73. The molecule has 0 fully saturated rings. The van der Waals surface area contributed by atoms with E-state index in [4.69, 9.17) is 0 Å². The van der Waals surface area contributed by atoms with Gasteiger partial charge in [-0.25, -0.2) is 22.2 Å². The van der Waals surface area contributed by atoms with Crippen LogP contribution in [0.1, 0.15) is 0 Å². The summed E-state index contributed by atoms with van der Waals surface area (Å²) >= 11 is 0. The predicted octanol–water partition coefficient (Wildman–Crippen LogP) is 0.515. The van der Waals surface area contributed by atoms with Gasteiger partial charge in [0.05, 0.1) is 6.20 Å². The van der Waals surface area contributed by atoms with Gasteiger partial charge >= 0.3 is 0 Å². The molecule has 7 heteroatoms. The van der Waals surface area contributed by atoms with Crippen LogP contribution in [0.4, 0.5) is 8.78 Å². The highest BCUT2D eigenvalue weighted by molar-refractivity contribution is 7.91. The number of sulfone groups is 1. The fourth-order valence-electron chi connectivity index (χ4n) is 0.697. The first-order valence-electron chi connectivity index (χ1n) is 3.29. The van der Waals surface area contributed by atoms with Crippen molar-refractivity contribution >= 4 is 9.84 Å². The first kappa shape index (κ1) is 9.97. The molecule has 1 aromatic heterocycles. The molecule has 1 aromatic rings. The van der Waals surface area contributed by atoms with E-state index in [0.717, 1.165) is 12.4 Å². The average molecular weight is 208 g/mol. The van der Waals surface area contributed by atoms with Gasteiger partial charge in [0, 0.05) is 12.4 Å². The van der Waals surface area contributed by atoms with E-state index in [1.54, 1.807) is 0 Å². The van der Waals surface area contributed by atoms with Crippen molar-refractivity contribution in [2.24, 2.45) is 0 Å². The molecule has 0 N–H and O–H groups in total. The van der Waals surface area contributed by atoms with Crippen LogP contribution in [-0.4, -0.2) is 30.6 Å².